The van der Waals surface area contributed by atoms with Gasteiger partial charge in [0.1, 0.15) is 5.01 Å². The number of nitrogens with zero attached hydrogens (tertiary/aromatic N) is 2. The minimum Gasteiger partial charge on any atom is -0.464 e. The van der Waals surface area contributed by atoms with E-state index in [0.717, 1.165) is 0 Å². The number of methoxy groups -OCH3 is 1. The molecule has 0 fully saturated rings. The first-order chi connectivity index (χ1) is 12.3. The summed E-state index contributed by atoms with van der Waals surface area (Å²) in [6.07, 6.45) is 0. The van der Waals surface area contributed by atoms with E-state index in [0.29, 0.717) is 28.6 Å². The van der Waals surface area contributed by atoms with Crippen LogP contribution in [0.25, 0.3) is 0 Å². The SMILES string of the molecule is COC(=O)c1csc(CN(C(=O)c2ccc3c(c2)OCO3)C(C)(C)C)n1. The second-order valence-electron chi connectivity index (χ2n) is 6.75. The van der Waals surface area contributed by atoms with Crippen molar-refractivity contribution in [2.24, 2.45) is 0 Å². The third-order valence-corrected chi connectivity index (χ3v) is 4.75. The summed E-state index contributed by atoms with van der Waals surface area (Å²) in [5.41, 5.74) is 0.315. The van der Waals surface area contributed by atoms with Gasteiger partial charge in [-0.15, -0.1) is 11.3 Å². The first kappa shape index (κ1) is 18.2. The lowest BCUT2D eigenvalue weighted by Crippen LogP contribution is -2.45. The molecule has 3 rings (SSSR count). The van der Waals surface area contributed by atoms with Gasteiger partial charge in [0.15, 0.2) is 17.2 Å². The second kappa shape index (κ2) is 6.95. The quantitative estimate of drug-likeness (QED) is 0.763. The fraction of sp³-hybridized carbons (Fsp3) is 0.389. The number of hydrogen-bond donors (Lipinski definition) is 0. The average Bonchev–Trinajstić information content (AvgIpc) is 3.25. The molecule has 0 spiro atoms. The van der Waals surface area contributed by atoms with Gasteiger partial charge < -0.3 is 19.1 Å². The van der Waals surface area contributed by atoms with Crippen molar-refractivity contribution < 1.29 is 23.8 Å². The number of ether oxygens (including phenoxy) is 3. The minimum atomic E-state index is -0.489. The number of thiazole rings is 1. The fourth-order valence-corrected chi connectivity index (χ4v) is 3.27. The van der Waals surface area contributed by atoms with E-state index >= 15 is 0 Å². The van der Waals surface area contributed by atoms with E-state index in [4.69, 9.17) is 9.47 Å². The maximum atomic E-state index is 13.1. The van der Waals surface area contributed by atoms with E-state index in [1.165, 1.54) is 18.4 Å². The third kappa shape index (κ3) is 3.65. The smallest absolute Gasteiger partial charge is 0.357 e. The monoisotopic (exact) mass is 376 g/mol. The predicted molar refractivity (Wildman–Crippen MR) is 95.6 cm³/mol. The van der Waals surface area contributed by atoms with Crippen LogP contribution in [0, 0.1) is 0 Å². The Labute approximate surface area is 155 Å². The second-order valence-corrected chi connectivity index (χ2v) is 7.69. The van der Waals surface area contributed by atoms with Gasteiger partial charge in [-0.1, -0.05) is 0 Å². The summed E-state index contributed by atoms with van der Waals surface area (Å²) in [7, 11) is 1.31. The topological polar surface area (TPSA) is 78.0 Å². The number of carbonyl (C=O) groups is 2. The highest BCUT2D eigenvalue weighted by molar-refractivity contribution is 7.09. The van der Waals surface area contributed by atoms with Crippen LogP contribution in [0.4, 0.5) is 0 Å². The Morgan fingerprint density at radius 2 is 2.00 bits per heavy atom. The summed E-state index contributed by atoms with van der Waals surface area (Å²) in [4.78, 5) is 30.7. The molecule has 1 amide bonds. The highest BCUT2D eigenvalue weighted by Gasteiger charge is 2.30. The molecule has 0 saturated carbocycles. The van der Waals surface area contributed by atoms with Gasteiger partial charge in [-0.25, -0.2) is 9.78 Å². The van der Waals surface area contributed by atoms with E-state index in [-0.39, 0.29) is 18.4 Å². The molecule has 2 heterocycles. The van der Waals surface area contributed by atoms with Gasteiger partial charge in [-0.05, 0) is 39.0 Å². The number of fused-ring (bicyclic) bond motifs is 1. The minimum absolute atomic E-state index is 0.148. The van der Waals surface area contributed by atoms with E-state index in [9.17, 15) is 9.59 Å². The number of aromatic nitrogens is 1. The molecule has 2 aromatic rings. The van der Waals surface area contributed by atoms with Gasteiger partial charge in [-0.2, -0.15) is 0 Å². The summed E-state index contributed by atoms with van der Waals surface area (Å²) in [6.45, 7) is 6.30. The Bertz CT molecular complexity index is 840. The number of esters is 1. The third-order valence-electron chi connectivity index (χ3n) is 3.91. The summed E-state index contributed by atoms with van der Waals surface area (Å²) >= 11 is 1.32. The molecule has 0 atom stereocenters. The number of hydrogen-bond acceptors (Lipinski definition) is 7. The molecule has 0 bridgehead atoms. The van der Waals surface area contributed by atoms with Crippen LogP contribution in [-0.2, 0) is 11.3 Å². The molecule has 0 N–H and O–H groups in total. The van der Waals surface area contributed by atoms with Gasteiger partial charge in [0.05, 0.1) is 13.7 Å². The van der Waals surface area contributed by atoms with Crippen LogP contribution in [0.3, 0.4) is 0 Å². The highest BCUT2D eigenvalue weighted by Crippen LogP contribution is 2.33. The summed E-state index contributed by atoms with van der Waals surface area (Å²) in [5, 5.41) is 2.29. The standard InChI is InChI=1S/C18H20N2O5S/c1-18(2,3)20(8-15-19-12(9-26-15)17(22)23-4)16(21)11-5-6-13-14(7-11)25-10-24-13/h5-7,9H,8,10H2,1-4H3. The zero-order chi connectivity index (χ0) is 18.9. The van der Waals surface area contributed by atoms with Crippen LogP contribution >= 0.6 is 11.3 Å². The van der Waals surface area contributed by atoms with Crippen molar-refractivity contribution in [2.45, 2.75) is 32.9 Å². The zero-order valence-corrected chi connectivity index (χ0v) is 15.9. The lowest BCUT2D eigenvalue weighted by molar-refractivity contribution is 0.0558. The summed E-state index contributed by atoms with van der Waals surface area (Å²) < 4.78 is 15.3. The molecule has 1 aliphatic heterocycles. The average molecular weight is 376 g/mol. The Kier molecular flexibility index (Phi) is 4.86. The largest absolute Gasteiger partial charge is 0.464 e. The van der Waals surface area contributed by atoms with Crippen LogP contribution in [0.2, 0.25) is 0 Å². The molecule has 7 nitrogen and oxygen atoms in total. The van der Waals surface area contributed by atoms with Crippen molar-refractivity contribution in [1.82, 2.24) is 9.88 Å². The van der Waals surface area contributed by atoms with E-state index in [1.54, 1.807) is 28.5 Å². The molecule has 1 aromatic carbocycles. The van der Waals surface area contributed by atoms with Crippen LogP contribution in [0.5, 0.6) is 11.5 Å². The maximum Gasteiger partial charge on any atom is 0.357 e. The van der Waals surface area contributed by atoms with Crippen molar-refractivity contribution >= 4 is 23.2 Å². The number of benzene rings is 1. The molecule has 138 valence electrons. The Balaban J connectivity index is 1.85. The molecular formula is C18H20N2O5S. The van der Waals surface area contributed by atoms with Crippen LogP contribution < -0.4 is 9.47 Å². The van der Waals surface area contributed by atoms with E-state index in [2.05, 4.69) is 9.72 Å². The Morgan fingerprint density at radius 1 is 1.27 bits per heavy atom. The van der Waals surface area contributed by atoms with E-state index < -0.39 is 11.5 Å². The number of rotatable bonds is 4. The Morgan fingerprint density at radius 3 is 2.69 bits per heavy atom. The molecular weight excluding hydrogens is 356 g/mol. The van der Waals surface area contributed by atoms with Crippen molar-refractivity contribution in [3.63, 3.8) is 0 Å². The first-order valence-electron chi connectivity index (χ1n) is 8.04. The van der Waals surface area contributed by atoms with Crippen LogP contribution in [0.1, 0.15) is 46.6 Å². The fourth-order valence-electron chi connectivity index (χ4n) is 2.52. The van der Waals surface area contributed by atoms with Gasteiger partial charge in [0.2, 0.25) is 6.79 Å². The van der Waals surface area contributed by atoms with Crippen LogP contribution in [-0.4, -0.2) is 41.2 Å². The molecule has 8 heteroatoms. The number of carbonyl (C=O) groups excluding carboxylic acids is 2. The molecule has 0 aliphatic carbocycles. The van der Waals surface area contributed by atoms with Gasteiger partial charge in [-0.3, -0.25) is 4.79 Å². The summed E-state index contributed by atoms with van der Waals surface area (Å²) in [5.74, 6) is 0.556. The first-order valence-corrected chi connectivity index (χ1v) is 8.92. The van der Waals surface area contributed by atoms with Crippen molar-refractivity contribution in [1.29, 1.82) is 0 Å². The van der Waals surface area contributed by atoms with E-state index in [1.807, 2.05) is 20.8 Å². The highest BCUT2D eigenvalue weighted by atomic mass is 32.1. The normalized spacial score (nSPS) is 12.8. The van der Waals surface area contributed by atoms with Crippen molar-refractivity contribution in [3.05, 3.63) is 39.8 Å². The molecule has 0 radical (unpaired) electrons. The van der Waals surface area contributed by atoms with Crippen molar-refractivity contribution in [3.8, 4) is 11.5 Å². The molecule has 0 unspecified atom stereocenters. The van der Waals surface area contributed by atoms with Gasteiger partial charge in [0, 0.05) is 16.5 Å². The predicted octanol–water partition coefficient (Wildman–Crippen LogP) is 3.10. The number of amides is 1. The van der Waals surface area contributed by atoms with Gasteiger partial charge in [0.25, 0.3) is 5.91 Å². The molecule has 26 heavy (non-hydrogen) atoms. The Hall–Kier alpha value is -2.61. The summed E-state index contributed by atoms with van der Waals surface area (Å²) in [6, 6.07) is 5.14. The maximum absolute atomic E-state index is 13.1. The van der Waals surface area contributed by atoms with Crippen LogP contribution in [0.15, 0.2) is 23.6 Å². The van der Waals surface area contributed by atoms with Gasteiger partial charge >= 0.3 is 5.97 Å². The molecule has 0 saturated heterocycles. The van der Waals surface area contributed by atoms with Crippen molar-refractivity contribution in [2.75, 3.05) is 13.9 Å². The zero-order valence-electron chi connectivity index (χ0n) is 15.1. The lowest BCUT2D eigenvalue weighted by Gasteiger charge is -2.35. The molecule has 1 aliphatic rings. The lowest BCUT2D eigenvalue weighted by atomic mass is 10.0. The molecule has 1 aromatic heterocycles.